The molecule has 0 spiro atoms. The molecule has 10 heteroatoms. The molecule has 1 aromatic heterocycles. The predicted molar refractivity (Wildman–Crippen MR) is 157 cm³/mol. The predicted octanol–water partition coefficient (Wildman–Crippen LogP) is 4.86. The molecule has 4 rings (SSSR count). The summed E-state index contributed by atoms with van der Waals surface area (Å²) in [7, 11) is 1.66. The molecule has 0 aliphatic heterocycles. The minimum atomic E-state index is -4.45. The van der Waals surface area contributed by atoms with Gasteiger partial charge in [-0.15, -0.1) is 0 Å². The number of carbonyl (C=O) groups is 2. The number of aromatic nitrogens is 1. The lowest BCUT2D eigenvalue weighted by molar-refractivity contribution is -0.137. The molecule has 0 aliphatic carbocycles. The molecular formula is C33H33F3N4O3. The van der Waals surface area contributed by atoms with Crippen molar-refractivity contribution in [3.05, 3.63) is 137 Å². The average Bonchev–Trinajstić information content (AvgIpc) is 3.01. The van der Waals surface area contributed by atoms with E-state index >= 15 is 0 Å². The van der Waals surface area contributed by atoms with Crippen LogP contribution in [-0.2, 0) is 25.7 Å². The van der Waals surface area contributed by atoms with Crippen LogP contribution in [0.5, 0.6) is 0 Å². The summed E-state index contributed by atoms with van der Waals surface area (Å²) in [6.45, 7) is 0.420. The van der Waals surface area contributed by atoms with Crippen molar-refractivity contribution in [3.8, 4) is 0 Å². The van der Waals surface area contributed by atoms with E-state index in [2.05, 4.69) is 15.6 Å². The molecule has 2 atom stereocenters. The zero-order valence-corrected chi connectivity index (χ0v) is 23.6. The molecule has 0 aliphatic rings. The van der Waals surface area contributed by atoms with E-state index in [4.69, 9.17) is 0 Å². The molecule has 1 heterocycles. The van der Waals surface area contributed by atoms with E-state index in [0.29, 0.717) is 24.1 Å². The van der Waals surface area contributed by atoms with Crippen molar-refractivity contribution in [2.24, 2.45) is 0 Å². The first-order valence-electron chi connectivity index (χ1n) is 13.8. The van der Waals surface area contributed by atoms with Gasteiger partial charge in [0.15, 0.2) is 0 Å². The second-order valence-electron chi connectivity index (χ2n) is 10.2. The van der Waals surface area contributed by atoms with Crippen molar-refractivity contribution in [1.82, 2.24) is 20.5 Å². The molecule has 0 fully saturated rings. The number of benzene rings is 3. The molecule has 0 radical (unpaired) electrons. The number of amides is 2. The number of nitrogens with one attached hydrogen (secondary N) is 2. The molecule has 3 aromatic carbocycles. The van der Waals surface area contributed by atoms with Gasteiger partial charge in [-0.1, -0.05) is 60.7 Å². The highest BCUT2D eigenvalue weighted by Gasteiger charge is 2.30. The standard InChI is InChI=1S/C33H33F3N4O3/c1-40(22-28-15-5-6-16-38-28)32(43)26-13-8-12-25(19-26)31(42)39-29(18-23-9-3-2-4-10-23)30(41)21-37-20-24-11-7-14-27(17-24)33(34,35)36/h2-17,19,29-30,37,41H,18,20-22H2,1H3,(H,39,42). The molecule has 4 aromatic rings. The van der Waals surface area contributed by atoms with Crippen LogP contribution in [-0.4, -0.2) is 52.5 Å². The van der Waals surface area contributed by atoms with Gasteiger partial charge in [-0.05, 0) is 53.9 Å². The van der Waals surface area contributed by atoms with Crippen LogP contribution in [0.25, 0.3) is 0 Å². The van der Waals surface area contributed by atoms with Crippen LogP contribution in [0, 0.1) is 0 Å². The molecular weight excluding hydrogens is 557 g/mol. The summed E-state index contributed by atoms with van der Waals surface area (Å²) in [5, 5.41) is 16.9. The molecule has 3 N–H and O–H groups in total. The quantitative estimate of drug-likeness (QED) is 0.219. The minimum Gasteiger partial charge on any atom is -0.390 e. The van der Waals surface area contributed by atoms with Crippen LogP contribution >= 0.6 is 0 Å². The molecule has 43 heavy (non-hydrogen) atoms. The SMILES string of the molecule is CN(Cc1ccccn1)C(=O)c1cccc(C(=O)NC(Cc2ccccc2)C(O)CNCc2cccc(C(F)(F)F)c2)c1. The van der Waals surface area contributed by atoms with Gasteiger partial charge in [0, 0.05) is 37.5 Å². The Balaban J connectivity index is 1.43. The van der Waals surface area contributed by atoms with Gasteiger partial charge >= 0.3 is 6.18 Å². The Hall–Kier alpha value is -4.54. The smallest absolute Gasteiger partial charge is 0.390 e. The number of pyridine rings is 1. The third kappa shape index (κ3) is 9.22. The minimum absolute atomic E-state index is 0.0187. The number of hydrogen-bond donors (Lipinski definition) is 3. The van der Waals surface area contributed by atoms with Gasteiger partial charge in [0.1, 0.15) is 0 Å². The van der Waals surface area contributed by atoms with Crippen molar-refractivity contribution in [3.63, 3.8) is 0 Å². The Kier molecular flexibility index (Phi) is 10.6. The summed E-state index contributed by atoms with van der Waals surface area (Å²) in [5.74, 6) is -0.750. The first-order valence-corrected chi connectivity index (χ1v) is 13.8. The summed E-state index contributed by atoms with van der Waals surface area (Å²) in [5.41, 5.74) is 1.86. The van der Waals surface area contributed by atoms with Crippen molar-refractivity contribution in [2.75, 3.05) is 13.6 Å². The molecule has 0 bridgehead atoms. The van der Waals surface area contributed by atoms with Crippen LogP contribution in [0.1, 0.15) is 43.1 Å². The lowest BCUT2D eigenvalue weighted by Crippen LogP contribution is -2.48. The summed E-state index contributed by atoms with van der Waals surface area (Å²) in [6, 6.07) is 25.3. The third-order valence-electron chi connectivity index (χ3n) is 6.86. The van der Waals surface area contributed by atoms with E-state index < -0.39 is 29.8 Å². The summed E-state index contributed by atoms with van der Waals surface area (Å²) < 4.78 is 39.2. The maximum atomic E-state index is 13.3. The van der Waals surface area contributed by atoms with E-state index in [1.54, 1.807) is 43.6 Å². The lowest BCUT2D eigenvalue weighted by atomic mass is 10.00. The number of rotatable bonds is 12. The molecule has 0 saturated heterocycles. The van der Waals surface area contributed by atoms with E-state index in [9.17, 15) is 27.9 Å². The largest absolute Gasteiger partial charge is 0.416 e. The first kappa shape index (κ1) is 31.4. The van der Waals surface area contributed by atoms with Gasteiger partial charge < -0.3 is 20.6 Å². The van der Waals surface area contributed by atoms with Crippen molar-refractivity contribution in [2.45, 2.75) is 37.8 Å². The van der Waals surface area contributed by atoms with Gasteiger partial charge in [-0.3, -0.25) is 14.6 Å². The Bertz CT molecular complexity index is 1500. The average molecular weight is 591 g/mol. The summed E-state index contributed by atoms with van der Waals surface area (Å²) in [4.78, 5) is 32.1. The number of carbonyl (C=O) groups excluding carboxylic acids is 2. The molecule has 0 saturated carbocycles. The van der Waals surface area contributed by atoms with E-state index in [1.165, 1.54) is 17.0 Å². The number of aliphatic hydroxyl groups is 1. The van der Waals surface area contributed by atoms with E-state index in [1.807, 2.05) is 42.5 Å². The molecule has 224 valence electrons. The maximum Gasteiger partial charge on any atom is 0.416 e. The van der Waals surface area contributed by atoms with Gasteiger partial charge in [-0.25, -0.2) is 0 Å². The van der Waals surface area contributed by atoms with Gasteiger partial charge in [0.05, 0.1) is 29.9 Å². The summed E-state index contributed by atoms with van der Waals surface area (Å²) in [6.07, 6.45) is -3.55. The second-order valence-corrected chi connectivity index (χ2v) is 10.2. The molecule has 2 unspecified atom stereocenters. The van der Waals surface area contributed by atoms with Crippen LogP contribution in [0.4, 0.5) is 13.2 Å². The fourth-order valence-electron chi connectivity index (χ4n) is 4.59. The van der Waals surface area contributed by atoms with Gasteiger partial charge in [0.25, 0.3) is 11.8 Å². The number of halogens is 3. The number of hydrogen-bond acceptors (Lipinski definition) is 5. The van der Waals surface area contributed by atoms with Gasteiger partial charge in [0.2, 0.25) is 0 Å². The lowest BCUT2D eigenvalue weighted by Gasteiger charge is -2.25. The van der Waals surface area contributed by atoms with Crippen LogP contribution < -0.4 is 10.6 Å². The van der Waals surface area contributed by atoms with E-state index in [0.717, 1.165) is 23.4 Å². The van der Waals surface area contributed by atoms with Crippen molar-refractivity contribution < 1.29 is 27.9 Å². The number of aliphatic hydroxyl groups excluding tert-OH is 1. The highest BCUT2D eigenvalue weighted by Crippen LogP contribution is 2.29. The number of nitrogens with zero attached hydrogens (tertiary/aromatic N) is 2. The zero-order valence-electron chi connectivity index (χ0n) is 23.6. The normalized spacial score (nSPS) is 12.8. The Labute approximate surface area is 248 Å². The Morgan fingerprint density at radius 3 is 2.30 bits per heavy atom. The Morgan fingerprint density at radius 2 is 1.58 bits per heavy atom. The maximum absolute atomic E-state index is 13.3. The van der Waals surface area contributed by atoms with Crippen LogP contribution in [0.2, 0.25) is 0 Å². The topological polar surface area (TPSA) is 94.6 Å². The fourth-order valence-corrected chi connectivity index (χ4v) is 4.59. The number of alkyl halides is 3. The molecule has 2 amide bonds. The zero-order chi connectivity index (χ0) is 30.8. The second kappa shape index (κ2) is 14.6. The van der Waals surface area contributed by atoms with E-state index in [-0.39, 0.29) is 24.6 Å². The summed E-state index contributed by atoms with van der Waals surface area (Å²) >= 11 is 0. The molecule has 7 nitrogen and oxygen atoms in total. The van der Waals surface area contributed by atoms with Crippen LogP contribution in [0.3, 0.4) is 0 Å². The highest BCUT2D eigenvalue weighted by atomic mass is 19.4. The Morgan fingerprint density at radius 1 is 0.884 bits per heavy atom. The van der Waals surface area contributed by atoms with Crippen molar-refractivity contribution in [1.29, 1.82) is 0 Å². The highest BCUT2D eigenvalue weighted by molar-refractivity contribution is 5.99. The van der Waals surface area contributed by atoms with Crippen molar-refractivity contribution >= 4 is 11.8 Å². The third-order valence-corrected chi connectivity index (χ3v) is 6.86. The van der Waals surface area contributed by atoms with Crippen LogP contribution in [0.15, 0.2) is 103 Å². The van der Waals surface area contributed by atoms with Gasteiger partial charge in [-0.2, -0.15) is 13.2 Å². The fraction of sp³-hybridized carbons (Fsp3) is 0.242. The monoisotopic (exact) mass is 590 g/mol. The first-order chi connectivity index (χ1) is 20.6.